The van der Waals surface area contributed by atoms with Crippen molar-refractivity contribution in [2.75, 3.05) is 30.8 Å². The summed E-state index contributed by atoms with van der Waals surface area (Å²) in [7, 11) is 1.42. The van der Waals surface area contributed by atoms with Crippen molar-refractivity contribution >= 4 is 40.6 Å². The molecule has 2 aromatic rings. The van der Waals surface area contributed by atoms with Crippen LogP contribution < -0.4 is 15.4 Å². The van der Waals surface area contributed by atoms with E-state index in [1.165, 1.54) is 31.5 Å². The smallest absolute Gasteiger partial charge is 0.271 e. The van der Waals surface area contributed by atoms with Gasteiger partial charge in [0.1, 0.15) is 11.6 Å². The molecule has 2 N–H and O–H groups in total. The molecule has 2 amide bonds. The molecule has 32 heavy (non-hydrogen) atoms. The highest BCUT2D eigenvalue weighted by Crippen LogP contribution is 2.29. The van der Waals surface area contributed by atoms with Gasteiger partial charge in [0.2, 0.25) is 11.8 Å². The summed E-state index contributed by atoms with van der Waals surface area (Å²) in [4.78, 5) is 42.1. The Kier molecular flexibility index (Phi) is 7.60. The fourth-order valence-corrected chi connectivity index (χ4v) is 3.67. The average Bonchev–Trinajstić information content (AvgIpc) is 2.80. The quantitative estimate of drug-likeness (QED) is 0.478. The number of pyridine rings is 1. The van der Waals surface area contributed by atoms with Crippen LogP contribution in [0.15, 0.2) is 36.5 Å². The molecule has 2 atom stereocenters. The van der Waals surface area contributed by atoms with Gasteiger partial charge >= 0.3 is 0 Å². The van der Waals surface area contributed by atoms with Crippen molar-refractivity contribution < 1.29 is 19.2 Å². The number of methoxy groups -OCH3 is 1. The summed E-state index contributed by atoms with van der Waals surface area (Å²) < 4.78 is 5.20. The number of nitro benzene ring substituents is 1. The topological polar surface area (TPSA) is 127 Å². The van der Waals surface area contributed by atoms with Gasteiger partial charge in [-0.15, -0.1) is 0 Å². The van der Waals surface area contributed by atoms with E-state index in [2.05, 4.69) is 15.6 Å². The number of carbonyl (C=O) groups is 2. The lowest BCUT2D eigenvalue weighted by Gasteiger charge is -2.35. The molecule has 0 saturated carbocycles. The summed E-state index contributed by atoms with van der Waals surface area (Å²) in [5, 5.41) is 17.0. The van der Waals surface area contributed by atoms with Gasteiger partial charge in [-0.25, -0.2) is 4.98 Å². The highest BCUT2D eigenvalue weighted by molar-refractivity contribution is 6.30. The van der Waals surface area contributed by atoms with E-state index in [0.29, 0.717) is 36.1 Å². The summed E-state index contributed by atoms with van der Waals surface area (Å²) in [6, 6.07) is 6.72. The van der Waals surface area contributed by atoms with Gasteiger partial charge in [0.05, 0.1) is 34.7 Å². The first-order chi connectivity index (χ1) is 15.3. The minimum absolute atomic E-state index is 0.153. The van der Waals surface area contributed by atoms with E-state index in [-0.39, 0.29) is 29.1 Å². The summed E-state index contributed by atoms with van der Waals surface area (Å²) in [6.45, 7) is 2.80. The zero-order chi connectivity index (χ0) is 23.3. The zero-order valence-corrected chi connectivity index (χ0v) is 18.5. The molecule has 1 saturated heterocycles. The molecule has 0 spiro atoms. The van der Waals surface area contributed by atoms with Gasteiger partial charge < -0.3 is 15.4 Å². The normalized spacial score (nSPS) is 17.3. The SMILES string of the molecule is COc1ccc([N+](=O)[O-])cc1NC(=O)C(C)N1CCCC(C(=O)Nc2ccc(Cl)cn2)C1. The number of ether oxygens (including phenoxy) is 1. The Morgan fingerprint density at radius 1 is 1.31 bits per heavy atom. The molecule has 10 nitrogen and oxygen atoms in total. The second-order valence-corrected chi connectivity index (χ2v) is 7.93. The van der Waals surface area contributed by atoms with Crippen LogP contribution in [0.3, 0.4) is 0 Å². The fraction of sp³-hybridized carbons (Fsp3) is 0.381. The third-order valence-electron chi connectivity index (χ3n) is 5.38. The van der Waals surface area contributed by atoms with E-state index >= 15 is 0 Å². The van der Waals surface area contributed by atoms with Gasteiger partial charge in [0, 0.05) is 24.9 Å². The number of nitro groups is 1. The number of nitrogens with one attached hydrogen (secondary N) is 2. The van der Waals surface area contributed by atoms with E-state index in [1.807, 2.05) is 4.90 Å². The van der Waals surface area contributed by atoms with Crippen LogP contribution in [0.4, 0.5) is 17.2 Å². The van der Waals surface area contributed by atoms with E-state index in [9.17, 15) is 19.7 Å². The lowest BCUT2D eigenvalue weighted by atomic mass is 9.96. The van der Waals surface area contributed by atoms with Crippen LogP contribution >= 0.6 is 11.6 Å². The van der Waals surface area contributed by atoms with Crippen molar-refractivity contribution in [2.24, 2.45) is 5.92 Å². The fourth-order valence-electron chi connectivity index (χ4n) is 3.56. The van der Waals surface area contributed by atoms with Crippen LogP contribution in [0.25, 0.3) is 0 Å². The van der Waals surface area contributed by atoms with Crippen LogP contribution in [0.1, 0.15) is 19.8 Å². The van der Waals surface area contributed by atoms with Crippen LogP contribution in [0.2, 0.25) is 5.02 Å². The third kappa shape index (κ3) is 5.71. The first-order valence-electron chi connectivity index (χ1n) is 10.1. The number of halogens is 1. The molecule has 1 fully saturated rings. The van der Waals surface area contributed by atoms with Crippen molar-refractivity contribution in [3.05, 3.63) is 51.7 Å². The molecule has 2 heterocycles. The number of nitrogens with zero attached hydrogens (tertiary/aromatic N) is 3. The predicted molar refractivity (Wildman–Crippen MR) is 120 cm³/mol. The standard InChI is InChI=1S/C21H24ClN5O5/c1-13(20(28)24-17-10-16(27(30)31)6-7-18(17)32-2)26-9-3-4-14(12-26)21(29)25-19-8-5-15(22)11-23-19/h5-8,10-11,13-14H,3-4,9,12H2,1-2H3,(H,24,28)(H,23,25,29). The van der Waals surface area contributed by atoms with Gasteiger partial charge in [0.25, 0.3) is 5.69 Å². The Morgan fingerprint density at radius 3 is 2.75 bits per heavy atom. The van der Waals surface area contributed by atoms with Crippen molar-refractivity contribution in [1.29, 1.82) is 0 Å². The summed E-state index contributed by atoms with van der Waals surface area (Å²) in [5.41, 5.74) is 0.0675. The highest BCUT2D eigenvalue weighted by Gasteiger charge is 2.31. The number of carbonyl (C=O) groups excluding carboxylic acids is 2. The van der Waals surface area contributed by atoms with Crippen LogP contribution in [-0.4, -0.2) is 52.9 Å². The molecular weight excluding hydrogens is 438 g/mol. The van der Waals surface area contributed by atoms with Crippen LogP contribution in [-0.2, 0) is 9.59 Å². The summed E-state index contributed by atoms with van der Waals surface area (Å²) >= 11 is 5.82. The lowest BCUT2D eigenvalue weighted by molar-refractivity contribution is -0.384. The lowest BCUT2D eigenvalue weighted by Crippen LogP contribution is -2.49. The largest absolute Gasteiger partial charge is 0.495 e. The predicted octanol–water partition coefficient (Wildman–Crippen LogP) is 3.33. The van der Waals surface area contributed by atoms with Gasteiger partial charge in [-0.2, -0.15) is 0 Å². The molecule has 1 aliphatic rings. The maximum atomic E-state index is 12.9. The number of piperidine rings is 1. The van der Waals surface area contributed by atoms with Crippen LogP contribution in [0.5, 0.6) is 5.75 Å². The number of non-ortho nitro benzene ring substituents is 1. The number of aromatic nitrogens is 1. The maximum absolute atomic E-state index is 12.9. The van der Waals surface area contributed by atoms with E-state index in [4.69, 9.17) is 16.3 Å². The second kappa shape index (κ2) is 10.4. The van der Waals surface area contributed by atoms with E-state index in [0.717, 1.165) is 6.42 Å². The number of anilines is 2. The third-order valence-corrected chi connectivity index (χ3v) is 5.60. The Bertz CT molecular complexity index is 1000. The molecule has 0 bridgehead atoms. The molecule has 1 aliphatic heterocycles. The Labute approximate surface area is 190 Å². The summed E-state index contributed by atoms with van der Waals surface area (Å²) in [5.74, 6) is -0.0758. The average molecular weight is 462 g/mol. The van der Waals surface area contributed by atoms with Crippen LogP contribution in [0, 0.1) is 16.0 Å². The van der Waals surface area contributed by atoms with Gasteiger partial charge in [-0.1, -0.05) is 11.6 Å². The zero-order valence-electron chi connectivity index (χ0n) is 17.7. The monoisotopic (exact) mass is 461 g/mol. The minimum Gasteiger partial charge on any atom is -0.495 e. The highest BCUT2D eigenvalue weighted by atomic mass is 35.5. The maximum Gasteiger partial charge on any atom is 0.271 e. The molecule has 0 aliphatic carbocycles. The first kappa shape index (κ1) is 23.4. The molecule has 0 radical (unpaired) electrons. The van der Waals surface area contributed by atoms with Gasteiger partial charge in [-0.05, 0) is 44.5 Å². The molecule has 11 heteroatoms. The van der Waals surface area contributed by atoms with E-state index < -0.39 is 11.0 Å². The van der Waals surface area contributed by atoms with Crippen molar-refractivity contribution in [3.8, 4) is 5.75 Å². The number of benzene rings is 1. The number of hydrogen-bond donors (Lipinski definition) is 2. The van der Waals surface area contributed by atoms with Gasteiger partial charge in [0.15, 0.2) is 0 Å². The molecule has 1 aromatic heterocycles. The number of rotatable bonds is 7. The molecule has 170 valence electrons. The van der Waals surface area contributed by atoms with E-state index in [1.54, 1.807) is 19.1 Å². The first-order valence-corrected chi connectivity index (χ1v) is 10.5. The van der Waals surface area contributed by atoms with Crippen molar-refractivity contribution in [1.82, 2.24) is 9.88 Å². The van der Waals surface area contributed by atoms with Gasteiger partial charge in [-0.3, -0.25) is 24.6 Å². The number of hydrogen-bond acceptors (Lipinski definition) is 7. The molecule has 3 rings (SSSR count). The Morgan fingerprint density at radius 2 is 2.09 bits per heavy atom. The summed E-state index contributed by atoms with van der Waals surface area (Å²) in [6.07, 6.45) is 2.91. The molecular formula is C21H24ClN5O5. The molecule has 1 aromatic carbocycles. The molecule has 2 unspecified atom stereocenters. The Balaban J connectivity index is 1.64. The van der Waals surface area contributed by atoms with Crippen molar-refractivity contribution in [3.63, 3.8) is 0 Å². The second-order valence-electron chi connectivity index (χ2n) is 7.49. The Hall–Kier alpha value is -3.24. The van der Waals surface area contributed by atoms with Crippen molar-refractivity contribution in [2.45, 2.75) is 25.8 Å². The number of likely N-dealkylation sites (tertiary alicyclic amines) is 1. The number of amides is 2. The minimum atomic E-state index is -0.553.